The molecule has 1 N–H and O–H groups in total. The average Bonchev–Trinajstić information content (AvgIpc) is 2.88. The van der Waals surface area contributed by atoms with E-state index in [2.05, 4.69) is 54.6 Å². The first-order chi connectivity index (χ1) is 10.3. The number of hydrogen-bond donors (Lipinski definition) is 1. The van der Waals surface area contributed by atoms with Crippen molar-refractivity contribution in [2.24, 2.45) is 0 Å². The van der Waals surface area contributed by atoms with E-state index in [0.717, 1.165) is 43.1 Å². The monoisotopic (exact) mass is 305 g/mol. The summed E-state index contributed by atoms with van der Waals surface area (Å²) in [5.41, 5.74) is 2.48. The molecule has 1 atom stereocenters. The first kappa shape index (κ1) is 16.1. The van der Waals surface area contributed by atoms with Crippen molar-refractivity contribution in [1.82, 2.24) is 15.1 Å². The molecular formula is C17H24ClN3. The van der Waals surface area contributed by atoms with Gasteiger partial charge in [0.05, 0.1) is 16.9 Å². The topological polar surface area (TPSA) is 29.9 Å². The highest BCUT2D eigenvalue weighted by atomic mass is 35.5. The predicted octanol–water partition coefficient (Wildman–Crippen LogP) is 4.23. The Morgan fingerprint density at radius 3 is 2.67 bits per heavy atom. The van der Waals surface area contributed by atoms with Crippen LogP contribution in [0, 0.1) is 0 Å². The minimum atomic E-state index is 0.363. The number of hydrogen-bond acceptors (Lipinski definition) is 2. The second-order valence-electron chi connectivity index (χ2n) is 5.21. The van der Waals surface area contributed by atoms with E-state index in [0.29, 0.717) is 6.04 Å². The largest absolute Gasteiger partial charge is 0.310 e. The molecule has 3 nitrogen and oxygen atoms in total. The van der Waals surface area contributed by atoms with E-state index in [9.17, 15) is 0 Å². The molecule has 0 saturated carbocycles. The molecule has 2 aromatic rings. The Bertz CT molecular complexity index is 536. The summed E-state index contributed by atoms with van der Waals surface area (Å²) >= 11 is 6.25. The predicted molar refractivity (Wildman–Crippen MR) is 88.7 cm³/mol. The van der Waals surface area contributed by atoms with Crippen LogP contribution in [0.2, 0.25) is 5.02 Å². The number of aromatic nitrogens is 2. The van der Waals surface area contributed by atoms with Crippen LogP contribution in [-0.4, -0.2) is 16.3 Å². The molecule has 0 fully saturated rings. The maximum Gasteiger partial charge on any atom is 0.0817 e. The third kappa shape index (κ3) is 4.32. The molecule has 1 heterocycles. The van der Waals surface area contributed by atoms with Crippen molar-refractivity contribution in [3.63, 3.8) is 0 Å². The summed E-state index contributed by atoms with van der Waals surface area (Å²) in [5.74, 6) is 0. The van der Waals surface area contributed by atoms with Crippen LogP contribution in [0.1, 0.15) is 44.0 Å². The molecule has 1 aromatic heterocycles. The lowest BCUT2D eigenvalue weighted by Gasteiger charge is -2.19. The van der Waals surface area contributed by atoms with Crippen molar-refractivity contribution < 1.29 is 0 Å². The molecule has 0 bridgehead atoms. The number of nitrogens with one attached hydrogen (secondary N) is 1. The van der Waals surface area contributed by atoms with Gasteiger partial charge in [-0.3, -0.25) is 4.68 Å². The van der Waals surface area contributed by atoms with Crippen molar-refractivity contribution in [3.05, 3.63) is 52.8 Å². The van der Waals surface area contributed by atoms with Gasteiger partial charge in [-0.15, -0.1) is 0 Å². The zero-order valence-corrected chi connectivity index (χ0v) is 13.6. The van der Waals surface area contributed by atoms with Gasteiger partial charge in [0.25, 0.3) is 0 Å². The van der Waals surface area contributed by atoms with Crippen molar-refractivity contribution >= 4 is 11.6 Å². The van der Waals surface area contributed by atoms with Crippen LogP contribution in [0.5, 0.6) is 0 Å². The lowest BCUT2D eigenvalue weighted by atomic mass is 10.0. The van der Waals surface area contributed by atoms with Crippen LogP contribution in [0.15, 0.2) is 36.5 Å². The standard InChI is InChI=1S/C17H24ClN3/c1-3-12-19-16(14-8-6-5-7-9-14)10-11-17-15(18)13-20-21(17)4-2/h5-9,13,16,19H,3-4,10-12H2,1-2H3. The first-order valence-corrected chi connectivity index (χ1v) is 8.12. The summed E-state index contributed by atoms with van der Waals surface area (Å²) in [4.78, 5) is 0. The summed E-state index contributed by atoms with van der Waals surface area (Å²) < 4.78 is 1.99. The Kier molecular flexibility index (Phi) is 6.27. The van der Waals surface area contributed by atoms with Crippen LogP contribution < -0.4 is 5.32 Å². The second-order valence-corrected chi connectivity index (χ2v) is 5.62. The molecule has 21 heavy (non-hydrogen) atoms. The minimum Gasteiger partial charge on any atom is -0.310 e. The number of benzene rings is 1. The van der Waals surface area contributed by atoms with Crippen LogP contribution in [-0.2, 0) is 13.0 Å². The van der Waals surface area contributed by atoms with E-state index < -0.39 is 0 Å². The molecule has 1 unspecified atom stereocenters. The molecule has 2 rings (SSSR count). The minimum absolute atomic E-state index is 0.363. The smallest absolute Gasteiger partial charge is 0.0817 e. The number of aryl methyl sites for hydroxylation is 1. The number of rotatable bonds is 8. The Morgan fingerprint density at radius 1 is 1.24 bits per heavy atom. The van der Waals surface area contributed by atoms with E-state index in [1.807, 2.05) is 4.68 Å². The summed E-state index contributed by atoms with van der Waals surface area (Å²) in [6.07, 6.45) is 4.84. The van der Waals surface area contributed by atoms with E-state index in [-0.39, 0.29) is 0 Å². The van der Waals surface area contributed by atoms with Gasteiger partial charge < -0.3 is 5.32 Å². The summed E-state index contributed by atoms with van der Waals surface area (Å²) in [5, 5.41) is 8.72. The molecule has 0 aliphatic heterocycles. The summed E-state index contributed by atoms with van der Waals surface area (Å²) in [6.45, 7) is 6.18. The van der Waals surface area contributed by atoms with Crippen LogP contribution in [0.25, 0.3) is 0 Å². The van der Waals surface area contributed by atoms with Crippen molar-refractivity contribution in [1.29, 1.82) is 0 Å². The van der Waals surface area contributed by atoms with Gasteiger partial charge in [0.1, 0.15) is 0 Å². The van der Waals surface area contributed by atoms with Crippen LogP contribution in [0.3, 0.4) is 0 Å². The number of nitrogens with zero attached hydrogens (tertiary/aromatic N) is 2. The fraction of sp³-hybridized carbons (Fsp3) is 0.471. The molecule has 0 saturated heterocycles. The van der Waals surface area contributed by atoms with Crippen molar-refractivity contribution in [3.8, 4) is 0 Å². The maximum absolute atomic E-state index is 6.25. The Balaban J connectivity index is 2.07. The average molecular weight is 306 g/mol. The van der Waals surface area contributed by atoms with E-state index in [1.165, 1.54) is 5.56 Å². The van der Waals surface area contributed by atoms with E-state index >= 15 is 0 Å². The maximum atomic E-state index is 6.25. The highest BCUT2D eigenvalue weighted by Crippen LogP contribution is 2.23. The quantitative estimate of drug-likeness (QED) is 0.791. The number of halogens is 1. The zero-order valence-electron chi connectivity index (χ0n) is 12.8. The molecule has 0 radical (unpaired) electrons. The van der Waals surface area contributed by atoms with Gasteiger partial charge in [-0.2, -0.15) is 5.10 Å². The fourth-order valence-corrected chi connectivity index (χ4v) is 2.82. The lowest BCUT2D eigenvalue weighted by molar-refractivity contribution is 0.487. The van der Waals surface area contributed by atoms with E-state index in [4.69, 9.17) is 11.6 Å². The Morgan fingerprint density at radius 2 is 2.00 bits per heavy atom. The van der Waals surface area contributed by atoms with Gasteiger partial charge in [-0.25, -0.2) is 0 Å². The third-order valence-corrected chi connectivity index (χ3v) is 4.03. The molecule has 0 spiro atoms. The third-order valence-electron chi connectivity index (χ3n) is 3.71. The van der Waals surface area contributed by atoms with E-state index in [1.54, 1.807) is 6.20 Å². The summed E-state index contributed by atoms with van der Waals surface area (Å²) in [6, 6.07) is 11.0. The van der Waals surface area contributed by atoms with Crippen LogP contribution in [0.4, 0.5) is 0 Å². The Hall–Kier alpha value is -1.32. The highest BCUT2D eigenvalue weighted by molar-refractivity contribution is 6.31. The van der Waals surface area contributed by atoms with Crippen LogP contribution >= 0.6 is 11.6 Å². The normalized spacial score (nSPS) is 12.5. The van der Waals surface area contributed by atoms with Gasteiger partial charge in [-0.1, -0.05) is 48.9 Å². The molecule has 0 aliphatic carbocycles. The summed E-state index contributed by atoms with van der Waals surface area (Å²) in [7, 11) is 0. The first-order valence-electron chi connectivity index (χ1n) is 7.74. The molecule has 114 valence electrons. The molecule has 1 aromatic carbocycles. The SMILES string of the molecule is CCCNC(CCc1c(Cl)cnn1CC)c1ccccc1. The fourth-order valence-electron chi connectivity index (χ4n) is 2.58. The molecular weight excluding hydrogens is 282 g/mol. The second kappa shape index (κ2) is 8.20. The Labute approximate surface area is 132 Å². The van der Waals surface area contributed by atoms with Crippen molar-refractivity contribution in [2.75, 3.05) is 6.54 Å². The molecule has 0 amide bonds. The van der Waals surface area contributed by atoms with Gasteiger partial charge in [-0.05, 0) is 38.3 Å². The van der Waals surface area contributed by atoms with Gasteiger partial charge in [0.15, 0.2) is 0 Å². The molecule has 4 heteroatoms. The lowest BCUT2D eigenvalue weighted by Crippen LogP contribution is -2.23. The van der Waals surface area contributed by atoms with Gasteiger partial charge in [0.2, 0.25) is 0 Å². The molecule has 0 aliphatic rings. The van der Waals surface area contributed by atoms with Gasteiger partial charge >= 0.3 is 0 Å². The highest BCUT2D eigenvalue weighted by Gasteiger charge is 2.14. The van der Waals surface area contributed by atoms with Gasteiger partial charge in [0, 0.05) is 12.6 Å². The zero-order chi connectivity index (χ0) is 15.1. The van der Waals surface area contributed by atoms with Crippen molar-refractivity contribution in [2.45, 2.75) is 45.7 Å².